The Balaban J connectivity index is 2.11. The lowest BCUT2D eigenvalue weighted by atomic mass is 10.3. The first-order valence-corrected chi connectivity index (χ1v) is 8.16. The maximum atomic E-state index is 12.3. The van der Waals surface area contributed by atoms with Crippen molar-refractivity contribution in [3.63, 3.8) is 0 Å². The van der Waals surface area contributed by atoms with Gasteiger partial charge in [0.25, 0.3) is 0 Å². The molecule has 1 saturated heterocycles. The van der Waals surface area contributed by atoms with Crippen molar-refractivity contribution in [3.05, 3.63) is 29.6 Å². The number of rotatable bonds is 1. The van der Waals surface area contributed by atoms with Gasteiger partial charge in [-0.15, -0.1) is 0 Å². The Morgan fingerprint density at radius 2 is 2.19 bits per heavy atom. The minimum Gasteiger partial charge on any atom is -0.465 e. The van der Waals surface area contributed by atoms with Crippen molar-refractivity contribution in [1.29, 1.82) is 0 Å². The van der Waals surface area contributed by atoms with E-state index in [4.69, 9.17) is 16.7 Å². The zero-order chi connectivity index (χ0) is 15.2. The predicted octanol–water partition coefficient (Wildman–Crippen LogP) is 0.832. The fourth-order valence-electron chi connectivity index (χ4n) is 2.35. The molecule has 1 atom stereocenters. The first-order chi connectivity index (χ1) is 9.90. The molecule has 1 N–H and O–H groups in total. The number of carboxylic acid groups (broad SMARTS) is 1. The average molecular weight is 331 g/mol. The molecular weight excluding hydrogens is 320 g/mol. The van der Waals surface area contributed by atoms with Crippen LogP contribution in [0.2, 0.25) is 5.15 Å². The molecule has 10 heteroatoms. The molecule has 1 unspecified atom stereocenters. The molecule has 2 aromatic heterocycles. The molecule has 0 aliphatic carbocycles. The second-order valence-electron chi connectivity index (χ2n) is 4.67. The van der Waals surface area contributed by atoms with Gasteiger partial charge in [-0.3, -0.25) is 4.40 Å². The van der Waals surface area contributed by atoms with Crippen LogP contribution in [0.25, 0.3) is 5.52 Å². The van der Waals surface area contributed by atoms with Crippen molar-refractivity contribution in [2.24, 2.45) is 0 Å². The van der Waals surface area contributed by atoms with E-state index in [2.05, 4.69) is 9.97 Å². The van der Waals surface area contributed by atoms with Crippen molar-refractivity contribution >= 4 is 33.0 Å². The molecule has 1 fully saturated rings. The van der Waals surface area contributed by atoms with E-state index < -0.39 is 21.2 Å². The Bertz CT molecular complexity index is 819. The average Bonchev–Trinajstić information content (AvgIpc) is 2.83. The normalized spacial score (nSPS) is 21.6. The highest BCUT2D eigenvalue weighted by atomic mass is 35.5. The van der Waals surface area contributed by atoms with E-state index in [1.807, 2.05) is 0 Å². The molecule has 1 aliphatic rings. The van der Waals surface area contributed by atoms with E-state index in [1.54, 1.807) is 6.20 Å². The van der Waals surface area contributed by atoms with E-state index in [9.17, 15) is 13.2 Å². The summed E-state index contributed by atoms with van der Waals surface area (Å²) in [4.78, 5) is 20.2. The lowest BCUT2D eigenvalue weighted by Crippen LogP contribution is -2.45. The molecule has 0 radical (unpaired) electrons. The fraction of sp³-hybridized carbons (Fsp3) is 0.364. The van der Waals surface area contributed by atoms with E-state index in [1.165, 1.54) is 16.8 Å². The summed E-state index contributed by atoms with van der Waals surface area (Å²) in [5.74, 6) is 0.0257. The van der Waals surface area contributed by atoms with Crippen LogP contribution in [0.1, 0.15) is 11.1 Å². The van der Waals surface area contributed by atoms with Crippen molar-refractivity contribution in [1.82, 2.24) is 19.3 Å². The SMILES string of the molecule is O=C(O)N1CCS(=O)(=O)C(c2ncc3c(Cl)nccn23)C1. The number of imidazole rings is 1. The number of aromatic nitrogens is 3. The number of halogens is 1. The lowest BCUT2D eigenvalue weighted by Gasteiger charge is -2.29. The number of hydrogen-bond donors (Lipinski definition) is 1. The molecule has 0 saturated carbocycles. The van der Waals surface area contributed by atoms with Crippen molar-refractivity contribution in [3.8, 4) is 0 Å². The van der Waals surface area contributed by atoms with E-state index in [0.717, 1.165) is 4.90 Å². The highest BCUT2D eigenvalue weighted by molar-refractivity contribution is 7.91. The molecule has 8 nitrogen and oxygen atoms in total. The second kappa shape index (κ2) is 4.85. The van der Waals surface area contributed by atoms with Gasteiger partial charge < -0.3 is 10.0 Å². The molecule has 3 heterocycles. The molecule has 2 aromatic rings. The quantitative estimate of drug-likeness (QED) is 0.830. The van der Waals surface area contributed by atoms with Crippen LogP contribution < -0.4 is 0 Å². The van der Waals surface area contributed by atoms with Crippen LogP contribution >= 0.6 is 11.6 Å². The van der Waals surface area contributed by atoms with E-state index in [0.29, 0.717) is 5.52 Å². The summed E-state index contributed by atoms with van der Waals surface area (Å²) in [5, 5.41) is 8.25. The summed E-state index contributed by atoms with van der Waals surface area (Å²) in [5.41, 5.74) is 0.483. The van der Waals surface area contributed by atoms with Crippen LogP contribution in [0, 0.1) is 0 Å². The highest BCUT2D eigenvalue weighted by Crippen LogP contribution is 2.29. The third kappa shape index (κ3) is 2.32. The molecule has 1 amide bonds. The van der Waals surface area contributed by atoms with Crippen molar-refractivity contribution in [2.45, 2.75) is 5.25 Å². The fourth-order valence-corrected chi connectivity index (χ4v) is 4.21. The zero-order valence-corrected chi connectivity index (χ0v) is 12.3. The van der Waals surface area contributed by atoms with E-state index in [-0.39, 0.29) is 29.8 Å². The maximum Gasteiger partial charge on any atom is 0.407 e. The molecule has 0 spiro atoms. The zero-order valence-electron chi connectivity index (χ0n) is 10.7. The van der Waals surface area contributed by atoms with Crippen LogP contribution in [0.4, 0.5) is 4.79 Å². The van der Waals surface area contributed by atoms with Crippen LogP contribution in [0.15, 0.2) is 18.6 Å². The minimum absolute atomic E-state index is 0.0280. The number of fused-ring (bicyclic) bond motifs is 1. The van der Waals surface area contributed by atoms with Crippen LogP contribution in [-0.4, -0.2) is 57.7 Å². The Hall–Kier alpha value is -1.87. The van der Waals surface area contributed by atoms with Gasteiger partial charge in [-0.1, -0.05) is 11.6 Å². The highest BCUT2D eigenvalue weighted by Gasteiger charge is 2.38. The summed E-state index contributed by atoms with van der Waals surface area (Å²) in [6.45, 7) is -0.170. The largest absolute Gasteiger partial charge is 0.465 e. The third-order valence-electron chi connectivity index (χ3n) is 3.46. The summed E-state index contributed by atoms with van der Waals surface area (Å²) in [6, 6.07) is 0. The number of sulfone groups is 1. The van der Waals surface area contributed by atoms with Crippen molar-refractivity contribution < 1.29 is 18.3 Å². The van der Waals surface area contributed by atoms with Gasteiger partial charge in [-0.2, -0.15) is 0 Å². The third-order valence-corrected chi connectivity index (χ3v) is 5.73. The topological polar surface area (TPSA) is 105 Å². The Labute approximate surface area is 124 Å². The van der Waals surface area contributed by atoms with Gasteiger partial charge in [0.05, 0.1) is 11.9 Å². The van der Waals surface area contributed by atoms with Gasteiger partial charge >= 0.3 is 6.09 Å². The number of hydrogen-bond acceptors (Lipinski definition) is 5. The Morgan fingerprint density at radius 1 is 1.43 bits per heavy atom. The summed E-state index contributed by atoms with van der Waals surface area (Å²) >= 11 is 5.93. The minimum atomic E-state index is -3.47. The first kappa shape index (κ1) is 14.1. The van der Waals surface area contributed by atoms with Crippen LogP contribution in [-0.2, 0) is 9.84 Å². The Morgan fingerprint density at radius 3 is 2.90 bits per heavy atom. The van der Waals surface area contributed by atoms with Gasteiger partial charge in [0.2, 0.25) is 0 Å². The van der Waals surface area contributed by atoms with Gasteiger partial charge in [0.1, 0.15) is 16.6 Å². The van der Waals surface area contributed by atoms with Gasteiger partial charge in [0, 0.05) is 25.5 Å². The van der Waals surface area contributed by atoms with Gasteiger partial charge in [-0.25, -0.2) is 23.2 Å². The van der Waals surface area contributed by atoms with Crippen LogP contribution in [0.3, 0.4) is 0 Å². The predicted molar refractivity (Wildman–Crippen MR) is 74.1 cm³/mol. The standard InChI is InChI=1S/C11H11ClN4O4S/c12-9-7-5-14-10(16(7)2-1-13-9)8-6-15(11(17)18)3-4-21(8,19)20/h1-2,5,8H,3-4,6H2,(H,17,18). The molecule has 3 rings (SSSR count). The number of amides is 1. The smallest absolute Gasteiger partial charge is 0.407 e. The first-order valence-electron chi connectivity index (χ1n) is 6.07. The van der Waals surface area contributed by atoms with Crippen molar-refractivity contribution in [2.75, 3.05) is 18.8 Å². The summed E-state index contributed by atoms with van der Waals surface area (Å²) < 4.78 is 26.0. The van der Waals surface area contributed by atoms with Gasteiger partial charge in [-0.05, 0) is 0 Å². The number of carbonyl (C=O) groups is 1. The lowest BCUT2D eigenvalue weighted by molar-refractivity contribution is 0.145. The molecule has 1 aliphatic heterocycles. The number of nitrogens with zero attached hydrogens (tertiary/aromatic N) is 4. The molecule has 21 heavy (non-hydrogen) atoms. The summed E-state index contributed by atoms with van der Waals surface area (Å²) in [7, 11) is -3.47. The van der Waals surface area contributed by atoms with Crippen LogP contribution in [0.5, 0.6) is 0 Å². The Kier molecular flexibility index (Phi) is 3.25. The second-order valence-corrected chi connectivity index (χ2v) is 7.33. The molecule has 0 aromatic carbocycles. The van der Waals surface area contributed by atoms with E-state index >= 15 is 0 Å². The molecule has 112 valence electrons. The summed E-state index contributed by atoms with van der Waals surface area (Å²) in [6.07, 6.45) is 3.28. The van der Waals surface area contributed by atoms with Gasteiger partial charge in [0.15, 0.2) is 15.0 Å². The monoisotopic (exact) mass is 330 g/mol. The maximum absolute atomic E-state index is 12.3. The molecular formula is C11H11ClN4O4S. The molecule has 0 bridgehead atoms.